The third-order valence-corrected chi connectivity index (χ3v) is 7.24. The van der Waals surface area contributed by atoms with Crippen LogP contribution >= 0.6 is 0 Å². The molecule has 4 aromatic rings. The summed E-state index contributed by atoms with van der Waals surface area (Å²) in [5.74, 6) is -0.0456. The van der Waals surface area contributed by atoms with Gasteiger partial charge in [0.1, 0.15) is 5.75 Å². The van der Waals surface area contributed by atoms with E-state index in [0.29, 0.717) is 22.2 Å². The van der Waals surface area contributed by atoms with Crippen molar-refractivity contribution in [1.82, 2.24) is 14.3 Å². The molecule has 0 spiro atoms. The number of hydrogen-bond donors (Lipinski definition) is 1. The summed E-state index contributed by atoms with van der Waals surface area (Å²) in [6.45, 7) is -0.240. The van der Waals surface area contributed by atoms with Gasteiger partial charge in [-0.3, -0.25) is 9.78 Å². The fourth-order valence-electron chi connectivity index (χ4n) is 3.64. The first-order chi connectivity index (χ1) is 16.8. The van der Waals surface area contributed by atoms with Crippen LogP contribution in [-0.2, 0) is 27.8 Å². The van der Waals surface area contributed by atoms with Gasteiger partial charge < -0.3 is 14.5 Å². The average Bonchev–Trinajstić information content (AvgIpc) is 2.88. The predicted octanol–water partition coefficient (Wildman–Crippen LogP) is 3.11. The zero-order chi connectivity index (χ0) is 25.0. The molecule has 0 aliphatic rings. The number of ether oxygens (including phenoxy) is 2. The van der Waals surface area contributed by atoms with Gasteiger partial charge in [-0.15, -0.1) is 0 Å². The van der Waals surface area contributed by atoms with Gasteiger partial charge in [0.25, 0.3) is 5.56 Å². The molecule has 2 aromatic carbocycles. The summed E-state index contributed by atoms with van der Waals surface area (Å²) in [4.78, 5) is 31.6. The molecule has 0 unspecified atom stereocenters. The smallest absolute Gasteiger partial charge is 0.337 e. The Kier molecular flexibility index (Phi) is 6.94. The third kappa shape index (κ3) is 5.23. The molecular formula is C25H23N3O6S. The number of esters is 1. The van der Waals surface area contributed by atoms with E-state index in [1.54, 1.807) is 55.9 Å². The first-order valence-electron chi connectivity index (χ1n) is 10.6. The maximum absolute atomic E-state index is 13.7. The normalized spacial score (nSPS) is 11.5. The lowest BCUT2D eigenvalue weighted by molar-refractivity contribution is 0.0600. The molecule has 0 aliphatic heterocycles. The lowest BCUT2D eigenvalue weighted by Crippen LogP contribution is -2.32. The highest BCUT2D eigenvalue weighted by Crippen LogP contribution is 2.24. The molecule has 4 rings (SSSR count). The monoisotopic (exact) mass is 493 g/mol. The number of H-pyrrole nitrogens is 1. The number of carbonyl (C=O) groups excluding carboxylic acids is 1. The number of methoxy groups -OCH3 is 2. The topological polar surface area (TPSA) is 119 Å². The molecule has 0 radical (unpaired) electrons. The Bertz CT molecular complexity index is 1530. The highest BCUT2D eigenvalue weighted by atomic mass is 32.2. The molecule has 0 aliphatic carbocycles. The van der Waals surface area contributed by atoms with E-state index < -0.39 is 21.6 Å². The SMILES string of the molecule is COC(=O)c1cccc(S(=O)(=O)N(Cc2cccnc2)Cc2cc3cc(OC)ccc3[nH]c2=O)c1. The van der Waals surface area contributed by atoms with Crippen molar-refractivity contribution < 1.29 is 22.7 Å². The van der Waals surface area contributed by atoms with E-state index in [1.165, 1.54) is 35.7 Å². The predicted molar refractivity (Wildman–Crippen MR) is 130 cm³/mol. The molecule has 0 saturated carbocycles. The van der Waals surface area contributed by atoms with Gasteiger partial charge in [-0.2, -0.15) is 4.31 Å². The quantitative estimate of drug-likeness (QED) is 0.375. The molecule has 2 aromatic heterocycles. The Hall–Kier alpha value is -4.02. The van der Waals surface area contributed by atoms with Gasteiger partial charge in [-0.05, 0) is 54.1 Å². The third-order valence-electron chi connectivity index (χ3n) is 5.45. The molecule has 0 bridgehead atoms. The minimum absolute atomic E-state index is 0.0335. The lowest BCUT2D eigenvalue weighted by Gasteiger charge is -2.22. The molecule has 0 fully saturated rings. The van der Waals surface area contributed by atoms with Gasteiger partial charge in [-0.1, -0.05) is 12.1 Å². The number of rotatable bonds is 8. The number of carbonyl (C=O) groups is 1. The van der Waals surface area contributed by atoms with E-state index in [-0.39, 0.29) is 29.1 Å². The average molecular weight is 494 g/mol. The van der Waals surface area contributed by atoms with Crippen molar-refractivity contribution in [3.05, 3.63) is 100 Å². The number of sulfonamides is 1. The summed E-state index contributed by atoms with van der Waals surface area (Å²) in [6.07, 6.45) is 3.15. The van der Waals surface area contributed by atoms with Gasteiger partial charge >= 0.3 is 5.97 Å². The van der Waals surface area contributed by atoms with Crippen molar-refractivity contribution >= 4 is 26.9 Å². The number of aromatic amines is 1. The van der Waals surface area contributed by atoms with Crippen LogP contribution in [-0.4, -0.2) is 42.9 Å². The lowest BCUT2D eigenvalue weighted by atomic mass is 10.1. The van der Waals surface area contributed by atoms with Crippen molar-refractivity contribution in [1.29, 1.82) is 0 Å². The fraction of sp³-hybridized carbons (Fsp3) is 0.160. The highest BCUT2D eigenvalue weighted by Gasteiger charge is 2.27. The second-order valence-electron chi connectivity index (χ2n) is 7.73. The van der Waals surface area contributed by atoms with Crippen molar-refractivity contribution in [3.8, 4) is 5.75 Å². The van der Waals surface area contributed by atoms with E-state index in [0.717, 1.165) is 0 Å². The second-order valence-corrected chi connectivity index (χ2v) is 9.67. The van der Waals surface area contributed by atoms with Gasteiger partial charge in [0, 0.05) is 41.9 Å². The maximum Gasteiger partial charge on any atom is 0.337 e. The van der Waals surface area contributed by atoms with Crippen LogP contribution < -0.4 is 10.3 Å². The molecule has 9 nitrogen and oxygen atoms in total. The van der Waals surface area contributed by atoms with Crippen molar-refractivity contribution in [2.75, 3.05) is 14.2 Å². The molecule has 0 atom stereocenters. The largest absolute Gasteiger partial charge is 0.497 e. The number of nitrogens with zero attached hydrogens (tertiary/aromatic N) is 2. The van der Waals surface area contributed by atoms with Crippen LogP contribution in [0.5, 0.6) is 5.75 Å². The summed E-state index contributed by atoms with van der Waals surface area (Å²) in [7, 11) is -1.36. The minimum atomic E-state index is -4.12. The Morgan fingerprint density at radius 3 is 2.57 bits per heavy atom. The summed E-state index contributed by atoms with van der Waals surface area (Å²) in [5.41, 5.74) is 1.19. The van der Waals surface area contributed by atoms with Crippen LogP contribution in [0.15, 0.2) is 82.7 Å². The zero-order valence-corrected chi connectivity index (χ0v) is 19.9. The molecule has 0 saturated heterocycles. The Morgan fingerprint density at radius 1 is 1.03 bits per heavy atom. The van der Waals surface area contributed by atoms with Crippen LogP contribution in [0.4, 0.5) is 0 Å². The van der Waals surface area contributed by atoms with Crippen LogP contribution in [0.3, 0.4) is 0 Å². The van der Waals surface area contributed by atoms with E-state index in [2.05, 4.69) is 9.97 Å². The molecule has 0 amide bonds. The van der Waals surface area contributed by atoms with Crippen LogP contribution in [0.1, 0.15) is 21.5 Å². The standard InChI is InChI=1S/C25H23N3O6S/c1-33-21-8-9-23-19(12-21)11-20(24(29)27-23)16-28(15-17-5-4-10-26-14-17)35(31,32)22-7-3-6-18(13-22)25(30)34-2/h3-14H,15-16H2,1-2H3,(H,27,29). The highest BCUT2D eigenvalue weighted by molar-refractivity contribution is 7.89. The van der Waals surface area contributed by atoms with Crippen LogP contribution in [0.2, 0.25) is 0 Å². The van der Waals surface area contributed by atoms with Gasteiger partial charge in [0.15, 0.2) is 0 Å². The van der Waals surface area contributed by atoms with Gasteiger partial charge in [-0.25, -0.2) is 13.2 Å². The van der Waals surface area contributed by atoms with E-state index >= 15 is 0 Å². The van der Waals surface area contributed by atoms with Crippen molar-refractivity contribution in [2.45, 2.75) is 18.0 Å². The number of benzene rings is 2. The Morgan fingerprint density at radius 2 is 1.86 bits per heavy atom. The van der Waals surface area contributed by atoms with Gasteiger partial charge in [0.2, 0.25) is 10.0 Å². The maximum atomic E-state index is 13.7. The molecular weight excluding hydrogens is 470 g/mol. The molecule has 35 heavy (non-hydrogen) atoms. The van der Waals surface area contributed by atoms with Crippen LogP contribution in [0, 0.1) is 0 Å². The Balaban J connectivity index is 1.78. The van der Waals surface area contributed by atoms with E-state index in [4.69, 9.17) is 9.47 Å². The van der Waals surface area contributed by atoms with Crippen LogP contribution in [0.25, 0.3) is 10.9 Å². The molecule has 1 N–H and O–H groups in total. The second kappa shape index (κ2) is 10.1. The number of nitrogens with one attached hydrogen (secondary N) is 1. The van der Waals surface area contributed by atoms with Crippen molar-refractivity contribution in [3.63, 3.8) is 0 Å². The van der Waals surface area contributed by atoms with Gasteiger partial charge in [0.05, 0.1) is 24.7 Å². The number of hydrogen-bond acceptors (Lipinski definition) is 7. The van der Waals surface area contributed by atoms with Crippen molar-refractivity contribution in [2.24, 2.45) is 0 Å². The fourth-order valence-corrected chi connectivity index (χ4v) is 5.09. The first kappa shape index (κ1) is 24.1. The van der Waals surface area contributed by atoms with E-state index in [1.807, 2.05) is 0 Å². The first-order valence-corrected chi connectivity index (χ1v) is 12.0. The Labute approximate surface area is 202 Å². The molecule has 2 heterocycles. The number of fused-ring (bicyclic) bond motifs is 1. The zero-order valence-electron chi connectivity index (χ0n) is 19.1. The number of pyridine rings is 2. The summed E-state index contributed by atoms with van der Waals surface area (Å²) in [5, 5.41) is 0.699. The molecule has 180 valence electrons. The van der Waals surface area contributed by atoms with E-state index in [9.17, 15) is 18.0 Å². The summed E-state index contributed by atoms with van der Waals surface area (Å²) in [6, 6.07) is 15.9. The molecule has 10 heteroatoms. The summed E-state index contributed by atoms with van der Waals surface area (Å²) >= 11 is 0. The minimum Gasteiger partial charge on any atom is -0.497 e. The number of aromatic nitrogens is 2. The summed E-state index contributed by atoms with van der Waals surface area (Å²) < 4.78 is 38.6.